The third-order valence-electron chi connectivity index (χ3n) is 2.18. The second-order valence-corrected chi connectivity index (χ2v) is 4.38. The number of esters is 1. The lowest BCUT2D eigenvalue weighted by molar-refractivity contribution is -0.154. The van der Waals surface area contributed by atoms with Crippen LogP contribution in [0.1, 0.15) is 25.5 Å². The number of amides is 1. The predicted octanol–water partition coefficient (Wildman–Crippen LogP) is 2.19. The summed E-state index contributed by atoms with van der Waals surface area (Å²) in [6, 6.07) is 7.27. The third kappa shape index (κ3) is 4.19. The molecule has 0 saturated carbocycles. The zero-order chi connectivity index (χ0) is 12.8. The fraction of sp³-hybridized carbons (Fsp3) is 0.333. The van der Waals surface area contributed by atoms with Crippen molar-refractivity contribution in [1.29, 1.82) is 0 Å². The maximum absolute atomic E-state index is 11.4. The number of hydrogen-bond donors (Lipinski definition) is 1. The van der Waals surface area contributed by atoms with E-state index in [1.54, 1.807) is 13.8 Å². The Kier molecular flexibility index (Phi) is 5.15. The maximum atomic E-state index is 11.4. The molecule has 1 aromatic rings. The van der Waals surface area contributed by atoms with Gasteiger partial charge in [0.05, 0.1) is 12.6 Å². The number of carbonyl (C=O) groups is 2. The summed E-state index contributed by atoms with van der Waals surface area (Å²) >= 11 is 3.33. The summed E-state index contributed by atoms with van der Waals surface area (Å²) in [6.07, 6.45) is 0. The van der Waals surface area contributed by atoms with Gasteiger partial charge in [0.25, 0.3) is 0 Å². The fourth-order valence-corrected chi connectivity index (χ4v) is 1.55. The minimum atomic E-state index is -0.850. The second kappa shape index (κ2) is 6.39. The van der Waals surface area contributed by atoms with Gasteiger partial charge in [-0.05, 0) is 31.5 Å². The summed E-state index contributed by atoms with van der Waals surface area (Å²) in [4.78, 5) is 22.5. The SMILES string of the molecule is CCOC(=O)C(=O)NC(C)c1ccc(Br)cc1. The number of hydrogen-bond acceptors (Lipinski definition) is 3. The molecular formula is C12H14BrNO3. The average Bonchev–Trinajstić information content (AvgIpc) is 2.30. The molecule has 0 bridgehead atoms. The van der Waals surface area contributed by atoms with Crippen molar-refractivity contribution in [1.82, 2.24) is 5.32 Å². The molecule has 1 unspecified atom stereocenters. The van der Waals surface area contributed by atoms with Crippen LogP contribution in [-0.2, 0) is 14.3 Å². The van der Waals surface area contributed by atoms with E-state index in [0.717, 1.165) is 10.0 Å². The first-order valence-electron chi connectivity index (χ1n) is 5.27. The second-order valence-electron chi connectivity index (χ2n) is 3.47. The van der Waals surface area contributed by atoms with E-state index in [4.69, 9.17) is 0 Å². The molecule has 0 spiro atoms. The standard InChI is InChI=1S/C12H14BrNO3/c1-3-17-12(16)11(15)14-8(2)9-4-6-10(13)7-5-9/h4-8H,3H2,1-2H3,(H,14,15). The van der Waals surface area contributed by atoms with Gasteiger partial charge in [-0.3, -0.25) is 4.79 Å². The van der Waals surface area contributed by atoms with E-state index in [1.807, 2.05) is 24.3 Å². The Bertz CT molecular complexity index is 403. The van der Waals surface area contributed by atoms with Crippen molar-refractivity contribution in [2.75, 3.05) is 6.61 Å². The molecule has 1 aromatic carbocycles. The van der Waals surface area contributed by atoms with E-state index in [2.05, 4.69) is 26.0 Å². The molecule has 0 aliphatic carbocycles. The molecule has 92 valence electrons. The van der Waals surface area contributed by atoms with Crippen LogP contribution >= 0.6 is 15.9 Å². The highest BCUT2D eigenvalue weighted by atomic mass is 79.9. The molecule has 0 fully saturated rings. The number of halogens is 1. The van der Waals surface area contributed by atoms with Gasteiger partial charge >= 0.3 is 11.9 Å². The van der Waals surface area contributed by atoms with E-state index in [9.17, 15) is 9.59 Å². The summed E-state index contributed by atoms with van der Waals surface area (Å²) in [7, 11) is 0. The van der Waals surface area contributed by atoms with Crippen LogP contribution in [0.2, 0.25) is 0 Å². The van der Waals surface area contributed by atoms with Crippen LogP contribution in [0, 0.1) is 0 Å². The van der Waals surface area contributed by atoms with Crippen molar-refractivity contribution in [3.8, 4) is 0 Å². The summed E-state index contributed by atoms with van der Waals surface area (Å²) in [5, 5.41) is 2.57. The van der Waals surface area contributed by atoms with Gasteiger partial charge in [0.2, 0.25) is 0 Å². The van der Waals surface area contributed by atoms with Gasteiger partial charge in [0, 0.05) is 4.47 Å². The molecule has 0 heterocycles. The molecular weight excluding hydrogens is 286 g/mol. The lowest BCUT2D eigenvalue weighted by Gasteiger charge is -2.13. The van der Waals surface area contributed by atoms with E-state index >= 15 is 0 Å². The highest BCUT2D eigenvalue weighted by molar-refractivity contribution is 9.10. The Morgan fingerprint density at radius 3 is 2.47 bits per heavy atom. The molecule has 17 heavy (non-hydrogen) atoms. The average molecular weight is 300 g/mol. The number of nitrogens with one attached hydrogen (secondary N) is 1. The highest BCUT2D eigenvalue weighted by Crippen LogP contribution is 2.16. The normalized spacial score (nSPS) is 11.7. The minimum absolute atomic E-state index is 0.193. The van der Waals surface area contributed by atoms with Crippen LogP contribution in [0.4, 0.5) is 0 Å². The maximum Gasteiger partial charge on any atom is 0.396 e. The van der Waals surface area contributed by atoms with Crippen LogP contribution in [0.25, 0.3) is 0 Å². The molecule has 0 aromatic heterocycles. The van der Waals surface area contributed by atoms with Gasteiger partial charge in [-0.1, -0.05) is 28.1 Å². The van der Waals surface area contributed by atoms with Crippen LogP contribution in [-0.4, -0.2) is 18.5 Å². The molecule has 1 amide bonds. The Balaban J connectivity index is 2.60. The van der Waals surface area contributed by atoms with E-state index in [1.165, 1.54) is 0 Å². The van der Waals surface area contributed by atoms with Gasteiger partial charge in [-0.2, -0.15) is 0 Å². The van der Waals surface area contributed by atoms with Crippen molar-refractivity contribution in [2.24, 2.45) is 0 Å². The fourth-order valence-electron chi connectivity index (χ4n) is 1.29. The van der Waals surface area contributed by atoms with Gasteiger partial charge in [-0.15, -0.1) is 0 Å². The van der Waals surface area contributed by atoms with Crippen molar-refractivity contribution in [3.05, 3.63) is 34.3 Å². The predicted molar refractivity (Wildman–Crippen MR) is 67.3 cm³/mol. The zero-order valence-corrected chi connectivity index (χ0v) is 11.3. The first-order chi connectivity index (χ1) is 8.04. The Labute approximate surface area is 108 Å². The van der Waals surface area contributed by atoms with Crippen molar-refractivity contribution in [2.45, 2.75) is 19.9 Å². The number of rotatable bonds is 3. The Morgan fingerprint density at radius 1 is 1.35 bits per heavy atom. The molecule has 0 radical (unpaired) electrons. The topological polar surface area (TPSA) is 55.4 Å². The van der Waals surface area contributed by atoms with E-state index in [0.29, 0.717) is 0 Å². The smallest absolute Gasteiger partial charge is 0.396 e. The summed E-state index contributed by atoms with van der Waals surface area (Å²) in [5.74, 6) is -1.57. The van der Waals surface area contributed by atoms with E-state index < -0.39 is 11.9 Å². The molecule has 1 N–H and O–H groups in total. The first kappa shape index (κ1) is 13.7. The molecule has 1 rings (SSSR count). The summed E-state index contributed by atoms with van der Waals surface area (Å²) < 4.78 is 5.56. The minimum Gasteiger partial charge on any atom is -0.459 e. The van der Waals surface area contributed by atoms with Gasteiger partial charge in [-0.25, -0.2) is 4.79 Å². The molecule has 5 heteroatoms. The van der Waals surface area contributed by atoms with Crippen LogP contribution in [0.15, 0.2) is 28.7 Å². The third-order valence-corrected chi connectivity index (χ3v) is 2.71. The Morgan fingerprint density at radius 2 is 1.94 bits per heavy atom. The number of carbonyl (C=O) groups excluding carboxylic acids is 2. The van der Waals surface area contributed by atoms with Crippen molar-refractivity contribution < 1.29 is 14.3 Å². The molecule has 4 nitrogen and oxygen atoms in total. The van der Waals surface area contributed by atoms with Crippen molar-refractivity contribution >= 4 is 27.8 Å². The van der Waals surface area contributed by atoms with Crippen LogP contribution in [0.5, 0.6) is 0 Å². The van der Waals surface area contributed by atoms with Gasteiger partial charge in [0.1, 0.15) is 0 Å². The van der Waals surface area contributed by atoms with E-state index in [-0.39, 0.29) is 12.6 Å². The first-order valence-corrected chi connectivity index (χ1v) is 6.07. The molecule has 0 aliphatic rings. The lowest BCUT2D eigenvalue weighted by atomic mass is 10.1. The molecule has 1 atom stereocenters. The van der Waals surface area contributed by atoms with Crippen LogP contribution < -0.4 is 5.32 Å². The summed E-state index contributed by atoms with van der Waals surface area (Å²) in [5.41, 5.74) is 0.922. The number of ether oxygens (including phenoxy) is 1. The molecule has 0 aliphatic heterocycles. The zero-order valence-electron chi connectivity index (χ0n) is 9.70. The van der Waals surface area contributed by atoms with Crippen molar-refractivity contribution in [3.63, 3.8) is 0 Å². The Hall–Kier alpha value is -1.36. The highest BCUT2D eigenvalue weighted by Gasteiger charge is 2.17. The summed E-state index contributed by atoms with van der Waals surface area (Å²) in [6.45, 7) is 3.66. The number of benzene rings is 1. The quantitative estimate of drug-likeness (QED) is 0.687. The van der Waals surface area contributed by atoms with Crippen LogP contribution in [0.3, 0.4) is 0 Å². The largest absolute Gasteiger partial charge is 0.459 e. The molecule has 0 saturated heterocycles. The lowest BCUT2D eigenvalue weighted by Crippen LogP contribution is -2.34. The monoisotopic (exact) mass is 299 g/mol. The van der Waals surface area contributed by atoms with Gasteiger partial charge < -0.3 is 10.1 Å². The van der Waals surface area contributed by atoms with Gasteiger partial charge in [0.15, 0.2) is 0 Å².